The second-order valence-electron chi connectivity index (χ2n) is 4.96. The largest absolute Gasteiger partial charge is 0.468 e. The summed E-state index contributed by atoms with van der Waals surface area (Å²) in [5.41, 5.74) is 0. The fourth-order valence-electron chi connectivity index (χ4n) is 2.51. The molecule has 1 aliphatic heterocycles. The van der Waals surface area contributed by atoms with Gasteiger partial charge in [-0.2, -0.15) is 0 Å². The van der Waals surface area contributed by atoms with E-state index in [2.05, 4.69) is 4.74 Å². The number of rotatable bonds is 4. The number of hydrogen-bond donors (Lipinski definition) is 0. The predicted octanol–water partition coefficient (Wildman–Crippen LogP) is 0.437. The fourth-order valence-corrected chi connectivity index (χ4v) is 6.39. The van der Waals surface area contributed by atoms with E-state index in [0.29, 0.717) is 0 Å². The van der Waals surface area contributed by atoms with E-state index >= 15 is 0 Å². The molecule has 0 aliphatic carbocycles. The van der Waals surface area contributed by atoms with Crippen molar-refractivity contribution in [3.63, 3.8) is 0 Å². The number of carbonyl (C=O) groups excluding carboxylic acids is 1. The summed E-state index contributed by atoms with van der Waals surface area (Å²) in [6, 6.07) is 7.52. The molecule has 0 radical (unpaired) electrons. The molecule has 8 heteroatoms. The lowest BCUT2D eigenvalue weighted by atomic mass is 10.1. The van der Waals surface area contributed by atoms with Crippen LogP contribution in [0.2, 0.25) is 0 Å². The van der Waals surface area contributed by atoms with Crippen LogP contribution in [0.15, 0.2) is 35.2 Å². The van der Waals surface area contributed by atoms with Crippen LogP contribution in [0.25, 0.3) is 0 Å². The van der Waals surface area contributed by atoms with Gasteiger partial charge in [0.25, 0.3) is 0 Å². The highest BCUT2D eigenvalue weighted by Crippen LogP contribution is 2.30. The second kappa shape index (κ2) is 5.76. The molecule has 0 unspecified atom stereocenters. The average molecular weight is 332 g/mol. The number of carbonyl (C=O) groups is 1. The second-order valence-corrected chi connectivity index (χ2v) is 9.26. The van der Waals surface area contributed by atoms with E-state index in [1.807, 2.05) is 0 Å². The van der Waals surface area contributed by atoms with Crippen LogP contribution in [-0.2, 0) is 29.2 Å². The predicted molar refractivity (Wildman–Crippen MR) is 76.2 cm³/mol. The topological polar surface area (TPSA) is 94.6 Å². The van der Waals surface area contributed by atoms with Crippen LogP contribution < -0.4 is 0 Å². The van der Waals surface area contributed by atoms with Gasteiger partial charge in [-0.25, -0.2) is 16.8 Å². The van der Waals surface area contributed by atoms with E-state index < -0.39 is 36.8 Å². The van der Waals surface area contributed by atoms with Crippen LogP contribution >= 0.6 is 0 Å². The summed E-state index contributed by atoms with van der Waals surface area (Å²) in [6.45, 7) is 0. The fraction of sp³-hybridized carbons (Fsp3) is 0.462. The van der Waals surface area contributed by atoms with E-state index in [9.17, 15) is 21.6 Å². The van der Waals surface area contributed by atoms with Gasteiger partial charge < -0.3 is 4.74 Å². The Hall–Kier alpha value is -1.41. The summed E-state index contributed by atoms with van der Waals surface area (Å²) in [5.74, 6) is -2.09. The molecule has 1 saturated heterocycles. The van der Waals surface area contributed by atoms with Crippen LogP contribution in [0.1, 0.15) is 6.42 Å². The molecule has 2 rings (SSSR count). The Morgan fingerprint density at radius 1 is 1.29 bits per heavy atom. The van der Waals surface area contributed by atoms with Gasteiger partial charge in [-0.15, -0.1) is 0 Å². The van der Waals surface area contributed by atoms with Gasteiger partial charge in [0.15, 0.2) is 24.9 Å². The Kier molecular flexibility index (Phi) is 4.38. The highest BCUT2D eigenvalue weighted by Gasteiger charge is 2.46. The van der Waals surface area contributed by atoms with Crippen molar-refractivity contribution in [3.8, 4) is 0 Å². The zero-order valence-corrected chi connectivity index (χ0v) is 13.1. The zero-order chi connectivity index (χ0) is 15.7. The molecule has 0 N–H and O–H groups in total. The van der Waals surface area contributed by atoms with Crippen molar-refractivity contribution in [2.45, 2.75) is 16.6 Å². The molecule has 0 amide bonds. The first-order valence-electron chi connectivity index (χ1n) is 6.35. The smallest absolute Gasteiger partial charge is 0.324 e. The summed E-state index contributed by atoms with van der Waals surface area (Å²) in [4.78, 5) is 11.9. The average Bonchev–Trinajstić information content (AvgIpc) is 2.79. The highest BCUT2D eigenvalue weighted by atomic mass is 32.2. The minimum atomic E-state index is -3.98. The zero-order valence-electron chi connectivity index (χ0n) is 11.4. The Balaban J connectivity index is 2.45. The van der Waals surface area contributed by atoms with Crippen LogP contribution in [0, 0.1) is 5.92 Å². The first kappa shape index (κ1) is 16.0. The standard InChI is InChI=1S/C13H16O6S2/c1-19-13(14)12(10-7-8-20(15,16)9-10)21(17,18)11-5-3-2-4-6-11/h2-6,10,12H,7-9H2,1H3/t10-,12+/m1/s1. The molecule has 0 saturated carbocycles. The van der Waals surface area contributed by atoms with Crippen molar-refractivity contribution < 1.29 is 26.4 Å². The van der Waals surface area contributed by atoms with Crippen molar-refractivity contribution in [3.05, 3.63) is 30.3 Å². The van der Waals surface area contributed by atoms with Gasteiger partial charge in [0.05, 0.1) is 23.5 Å². The summed E-state index contributed by atoms with van der Waals surface area (Å²) in [6.07, 6.45) is 0.147. The molecule has 0 bridgehead atoms. The third-order valence-corrected chi connectivity index (χ3v) is 7.50. The van der Waals surface area contributed by atoms with Crippen molar-refractivity contribution in [2.75, 3.05) is 18.6 Å². The van der Waals surface area contributed by atoms with Gasteiger partial charge >= 0.3 is 5.97 Å². The van der Waals surface area contributed by atoms with Crippen molar-refractivity contribution in [2.24, 2.45) is 5.92 Å². The molecule has 0 spiro atoms. The van der Waals surface area contributed by atoms with Crippen LogP contribution in [0.3, 0.4) is 0 Å². The molecular formula is C13H16O6S2. The van der Waals surface area contributed by atoms with Crippen LogP contribution in [0.5, 0.6) is 0 Å². The molecule has 0 aromatic heterocycles. The van der Waals surface area contributed by atoms with Crippen LogP contribution in [0.4, 0.5) is 0 Å². The van der Waals surface area contributed by atoms with E-state index in [1.165, 1.54) is 12.1 Å². The first-order valence-corrected chi connectivity index (χ1v) is 9.72. The molecule has 6 nitrogen and oxygen atoms in total. The molecule has 1 heterocycles. The number of esters is 1. The van der Waals surface area contributed by atoms with Gasteiger partial charge in [0.2, 0.25) is 0 Å². The Morgan fingerprint density at radius 2 is 1.90 bits per heavy atom. The number of ether oxygens (including phenoxy) is 1. The minimum Gasteiger partial charge on any atom is -0.468 e. The Morgan fingerprint density at radius 3 is 2.38 bits per heavy atom. The molecule has 1 aromatic rings. The lowest BCUT2D eigenvalue weighted by Crippen LogP contribution is -2.39. The van der Waals surface area contributed by atoms with Crippen molar-refractivity contribution >= 4 is 25.6 Å². The van der Waals surface area contributed by atoms with E-state index in [4.69, 9.17) is 0 Å². The Bertz CT molecular complexity index is 721. The van der Waals surface area contributed by atoms with Gasteiger partial charge in [-0.1, -0.05) is 18.2 Å². The van der Waals surface area contributed by atoms with Gasteiger partial charge in [-0.3, -0.25) is 4.79 Å². The number of benzene rings is 1. The molecule has 1 aromatic carbocycles. The number of sulfone groups is 2. The van der Waals surface area contributed by atoms with Gasteiger partial charge in [0, 0.05) is 5.92 Å². The summed E-state index contributed by atoms with van der Waals surface area (Å²) in [7, 11) is -6.19. The van der Waals surface area contributed by atoms with Crippen molar-refractivity contribution in [1.29, 1.82) is 0 Å². The van der Waals surface area contributed by atoms with Crippen molar-refractivity contribution in [1.82, 2.24) is 0 Å². The monoisotopic (exact) mass is 332 g/mol. The molecule has 1 fully saturated rings. The van der Waals surface area contributed by atoms with Gasteiger partial charge in [0.1, 0.15) is 0 Å². The molecule has 21 heavy (non-hydrogen) atoms. The minimum absolute atomic E-state index is 0.00954. The van der Waals surface area contributed by atoms with E-state index in [0.717, 1.165) is 7.11 Å². The first-order chi connectivity index (χ1) is 9.78. The maximum Gasteiger partial charge on any atom is 0.324 e. The van der Waals surface area contributed by atoms with Crippen LogP contribution in [-0.4, -0.2) is 46.7 Å². The molecule has 116 valence electrons. The van der Waals surface area contributed by atoms with E-state index in [1.54, 1.807) is 18.2 Å². The third-order valence-electron chi connectivity index (χ3n) is 3.54. The quantitative estimate of drug-likeness (QED) is 0.743. The Labute approximate surface area is 124 Å². The SMILES string of the molecule is COC(=O)[C@H]([C@@H]1CCS(=O)(=O)C1)S(=O)(=O)c1ccccc1. The molecule has 2 atom stereocenters. The number of hydrogen-bond acceptors (Lipinski definition) is 6. The highest BCUT2D eigenvalue weighted by molar-refractivity contribution is 7.93. The molecule has 1 aliphatic rings. The van der Waals surface area contributed by atoms with Gasteiger partial charge in [-0.05, 0) is 18.6 Å². The van der Waals surface area contributed by atoms with E-state index in [-0.39, 0.29) is 22.8 Å². The summed E-state index contributed by atoms with van der Waals surface area (Å²) < 4.78 is 53.0. The lowest BCUT2D eigenvalue weighted by Gasteiger charge is -2.20. The summed E-state index contributed by atoms with van der Waals surface area (Å²) >= 11 is 0. The number of methoxy groups -OCH3 is 1. The molecular weight excluding hydrogens is 316 g/mol. The third kappa shape index (κ3) is 3.26. The summed E-state index contributed by atoms with van der Waals surface area (Å²) in [5, 5.41) is -1.48. The maximum atomic E-state index is 12.6. The normalized spacial score (nSPS) is 22.6. The maximum absolute atomic E-state index is 12.6. The lowest BCUT2D eigenvalue weighted by molar-refractivity contribution is -0.141.